The smallest absolute Gasteiger partial charge is 0.260 e. The lowest BCUT2D eigenvalue weighted by molar-refractivity contribution is 0.549. The Kier molecular flexibility index (Phi) is 3.11. The van der Waals surface area contributed by atoms with E-state index in [-0.39, 0.29) is 16.8 Å². The van der Waals surface area contributed by atoms with Gasteiger partial charge in [0.15, 0.2) is 5.03 Å². The fraction of sp³-hybridized carbons (Fsp3) is 0.500. The summed E-state index contributed by atoms with van der Waals surface area (Å²) >= 11 is 0. The first-order valence-electron chi connectivity index (χ1n) is 5.32. The molecule has 0 saturated heterocycles. The number of hydrogen-bond acceptors (Lipinski definition) is 4. The standard InChI is InChI=1S/C10H15N3O2S/c11-9-6-3-7-12-10(9)16(14,15)13-8-4-1-2-5-8/h3,6-8,13H,1-2,4-5,11H2. The van der Waals surface area contributed by atoms with Crippen LogP contribution in [-0.2, 0) is 10.0 Å². The third-order valence-electron chi connectivity index (χ3n) is 2.73. The van der Waals surface area contributed by atoms with E-state index in [9.17, 15) is 8.42 Å². The van der Waals surface area contributed by atoms with E-state index in [4.69, 9.17) is 5.73 Å². The van der Waals surface area contributed by atoms with Crippen LogP contribution < -0.4 is 10.5 Å². The van der Waals surface area contributed by atoms with Gasteiger partial charge in [-0.05, 0) is 25.0 Å². The molecule has 0 amide bonds. The Morgan fingerprint density at radius 3 is 2.69 bits per heavy atom. The van der Waals surface area contributed by atoms with Crippen LogP contribution in [0.15, 0.2) is 23.4 Å². The van der Waals surface area contributed by atoms with E-state index < -0.39 is 10.0 Å². The first-order chi connectivity index (χ1) is 7.59. The zero-order chi connectivity index (χ0) is 11.6. The van der Waals surface area contributed by atoms with Crippen LogP contribution in [-0.4, -0.2) is 19.4 Å². The summed E-state index contributed by atoms with van der Waals surface area (Å²) in [6.45, 7) is 0. The van der Waals surface area contributed by atoms with Crippen molar-refractivity contribution in [2.24, 2.45) is 0 Å². The third-order valence-corrected chi connectivity index (χ3v) is 4.23. The summed E-state index contributed by atoms with van der Waals surface area (Å²) in [4.78, 5) is 3.82. The Morgan fingerprint density at radius 2 is 2.06 bits per heavy atom. The van der Waals surface area contributed by atoms with Gasteiger partial charge in [0.1, 0.15) is 0 Å². The Balaban J connectivity index is 2.21. The van der Waals surface area contributed by atoms with E-state index in [1.807, 2.05) is 0 Å². The first-order valence-corrected chi connectivity index (χ1v) is 6.81. The summed E-state index contributed by atoms with van der Waals surface area (Å²) < 4.78 is 26.6. The van der Waals surface area contributed by atoms with E-state index >= 15 is 0 Å². The zero-order valence-corrected chi connectivity index (χ0v) is 9.70. The maximum Gasteiger partial charge on any atom is 0.260 e. The van der Waals surface area contributed by atoms with Crippen molar-refractivity contribution in [3.63, 3.8) is 0 Å². The fourth-order valence-corrected chi connectivity index (χ4v) is 3.31. The molecule has 0 bridgehead atoms. The SMILES string of the molecule is Nc1cccnc1S(=O)(=O)NC1CCCC1. The normalized spacial score (nSPS) is 17.8. The minimum Gasteiger partial charge on any atom is -0.396 e. The van der Waals surface area contributed by atoms with Crippen LogP contribution in [0.2, 0.25) is 0 Å². The third kappa shape index (κ3) is 2.33. The summed E-state index contributed by atoms with van der Waals surface area (Å²) in [6, 6.07) is 3.19. The second kappa shape index (κ2) is 4.39. The maximum atomic E-state index is 12.0. The van der Waals surface area contributed by atoms with Crippen LogP contribution in [0.5, 0.6) is 0 Å². The van der Waals surface area contributed by atoms with Crippen molar-refractivity contribution >= 4 is 15.7 Å². The molecule has 1 aromatic rings. The minimum atomic E-state index is -3.56. The number of pyridine rings is 1. The molecular weight excluding hydrogens is 226 g/mol. The lowest BCUT2D eigenvalue weighted by Gasteiger charge is -2.12. The molecule has 5 nitrogen and oxygen atoms in total. The van der Waals surface area contributed by atoms with Crippen molar-refractivity contribution < 1.29 is 8.42 Å². The number of aromatic nitrogens is 1. The van der Waals surface area contributed by atoms with Crippen molar-refractivity contribution in [1.29, 1.82) is 0 Å². The molecule has 88 valence electrons. The Bertz CT molecular complexity index is 467. The molecule has 1 heterocycles. The van der Waals surface area contributed by atoms with Crippen molar-refractivity contribution in [2.45, 2.75) is 36.8 Å². The Labute approximate surface area is 95.1 Å². The molecule has 0 unspecified atom stereocenters. The molecule has 1 aromatic heterocycles. The maximum absolute atomic E-state index is 12.0. The largest absolute Gasteiger partial charge is 0.396 e. The van der Waals surface area contributed by atoms with Crippen LogP contribution in [0, 0.1) is 0 Å². The van der Waals surface area contributed by atoms with Crippen LogP contribution >= 0.6 is 0 Å². The number of nitrogens with two attached hydrogens (primary N) is 1. The average Bonchev–Trinajstić information content (AvgIpc) is 2.70. The molecule has 0 aliphatic heterocycles. The monoisotopic (exact) mass is 241 g/mol. The molecule has 1 fully saturated rings. The molecular formula is C10H15N3O2S. The molecule has 3 N–H and O–H groups in total. The highest BCUT2D eigenvalue weighted by Crippen LogP contribution is 2.21. The van der Waals surface area contributed by atoms with Crippen LogP contribution in [0.4, 0.5) is 5.69 Å². The van der Waals surface area contributed by atoms with E-state index in [1.54, 1.807) is 6.07 Å². The van der Waals surface area contributed by atoms with E-state index in [2.05, 4.69) is 9.71 Å². The highest BCUT2D eigenvalue weighted by atomic mass is 32.2. The molecule has 1 aliphatic rings. The molecule has 0 aromatic carbocycles. The topological polar surface area (TPSA) is 85.1 Å². The summed E-state index contributed by atoms with van der Waals surface area (Å²) in [5, 5.41) is -0.0677. The molecule has 1 saturated carbocycles. The highest BCUT2D eigenvalue weighted by Gasteiger charge is 2.25. The number of nitrogens with zero attached hydrogens (tertiary/aromatic N) is 1. The van der Waals surface area contributed by atoms with Gasteiger partial charge in [0.25, 0.3) is 10.0 Å². The lowest BCUT2D eigenvalue weighted by atomic mass is 10.3. The van der Waals surface area contributed by atoms with Gasteiger partial charge in [-0.3, -0.25) is 0 Å². The average molecular weight is 241 g/mol. The molecule has 1 aliphatic carbocycles. The van der Waals surface area contributed by atoms with E-state index in [0.29, 0.717) is 0 Å². The summed E-state index contributed by atoms with van der Waals surface area (Å²) in [7, 11) is -3.56. The van der Waals surface area contributed by atoms with Gasteiger partial charge in [0.2, 0.25) is 0 Å². The van der Waals surface area contributed by atoms with Gasteiger partial charge < -0.3 is 5.73 Å². The van der Waals surface area contributed by atoms with Gasteiger partial charge >= 0.3 is 0 Å². The number of anilines is 1. The Hall–Kier alpha value is -1.14. The molecule has 0 spiro atoms. The van der Waals surface area contributed by atoms with Crippen LogP contribution in [0.3, 0.4) is 0 Å². The summed E-state index contributed by atoms with van der Waals surface area (Å²) in [5.74, 6) is 0. The van der Waals surface area contributed by atoms with Gasteiger partial charge in [-0.1, -0.05) is 12.8 Å². The van der Waals surface area contributed by atoms with Crippen LogP contribution in [0.1, 0.15) is 25.7 Å². The number of sulfonamides is 1. The minimum absolute atomic E-state index is 0.0337. The second-order valence-corrected chi connectivity index (χ2v) is 5.63. The predicted molar refractivity (Wildman–Crippen MR) is 61.2 cm³/mol. The summed E-state index contributed by atoms with van der Waals surface area (Å²) in [5.41, 5.74) is 5.79. The van der Waals surface area contributed by atoms with E-state index in [1.165, 1.54) is 12.3 Å². The molecule has 0 atom stereocenters. The molecule has 0 radical (unpaired) electrons. The van der Waals surface area contributed by atoms with Gasteiger partial charge in [0, 0.05) is 12.2 Å². The summed E-state index contributed by atoms with van der Waals surface area (Å²) in [6.07, 6.45) is 5.37. The zero-order valence-electron chi connectivity index (χ0n) is 8.89. The van der Waals surface area contributed by atoms with Gasteiger partial charge in [-0.15, -0.1) is 0 Å². The molecule has 6 heteroatoms. The van der Waals surface area contributed by atoms with Crippen molar-refractivity contribution in [3.8, 4) is 0 Å². The van der Waals surface area contributed by atoms with Crippen LogP contribution in [0.25, 0.3) is 0 Å². The number of rotatable bonds is 3. The van der Waals surface area contributed by atoms with E-state index in [0.717, 1.165) is 25.7 Å². The van der Waals surface area contributed by atoms with Gasteiger partial charge in [0.05, 0.1) is 5.69 Å². The highest BCUT2D eigenvalue weighted by molar-refractivity contribution is 7.89. The van der Waals surface area contributed by atoms with Gasteiger partial charge in [-0.2, -0.15) is 0 Å². The lowest BCUT2D eigenvalue weighted by Crippen LogP contribution is -2.33. The van der Waals surface area contributed by atoms with Gasteiger partial charge in [-0.25, -0.2) is 18.1 Å². The van der Waals surface area contributed by atoms with Crippen molar-refractivity contribution in [2.75, 3.05) is 5.73 Å². The molecule has 2 rings (SSSR count). The number of nitrogen functional groups attached to an aromatic ring is 1. The fourth-order valence-electron chi connectivity index (χ4n) is 1.95. The second-order valence-electron chi connectivity index (χ2n) is 4.00. The number of nitrogens with one attached hydrogen (secondary N) is 1. The molecule has 16 heavy (non-hydrogen) atoms. The quantitative estimate of drug-likeness (QED) is 0.822. The van der Waals surface area contributed by atoms with Crippen molar-refractivity contribution in [3.05, 3.63) is 18.3 Å². The van der Waals surface area contributed by atoms with Crippen molar-refractivity contribution in [1.82, 2.24) is 9.71 Å². The predicted octanol–water partition coefficient (Wildman–Crippen LogP) is 0.885. The first kappa shape index (κ1) is 11.3. The number of hydrogen-bond donors (Lipinski definition) is 2. The Morgan fingerprint density at radius 1 is 1.38 bits per heavy atom.